The van der Waals surface area contributed by atoms with E-state index in [2.05, 4.69) is 5.10 Å². The molecule has 38 heavy (non-hydrogen) atoms. The van der Waals surface area contributed by atoms with Gasteiger partial charge in [-0.2, -0.15) is 13.5 Å². The molecular formula is C28H34N2O6S2. The maximum atomic E-state index is 13.9. The number of rotatable bonds is 10. The number of sulfone groups is 1. The van der Waals surface area contributed by atoms with E-state index in [-0.39, 0.29) is 26.8 Å². The van der Waals surface area contributed by atoms with Gasteiger partial charge >= 0.3 is 10.1 Å². The Morgan fingerprint density at radius 2 is 1.58 bits per heavy atom. The first-order valence-corrected chi connectivity index (χ1v) is 15.6. The molecule has 0 saturated heterocycles. The Bertz CT molecular complexity index is 1610. The predicted octanol–water partition coefficient (Wildman–Crippen LogP) is 5.52. The van der Waals surface area contributed by atoms with Gasteiger partial charge in [0.15, 0.2) is 15.6 Å². The lowest BCUT2D eigenvalue weighted by Crippen LogP contribution is -2.16. The Kier molecular flexibility index (Phi) is 8.68. The molecule has 0 spiro atoms. The summed E-state index contributed by atoms with van der Waals surface area (Å²) in [4.78, 5) is 13.9. The van der Waals surface area contributed by atoms with Crippen LogP contribution in [0.2, 0.25) is 0 Å². The summed E-state index contributed by atoms with van der Waals surface area (Å²) in [5, 5.41) is 4.27. The normalized spacial score (nSPS) is 11.9. The monoisotopic (exact) mass is 558 g/mol. The molecule has 0 N–H and O–H groups in total. The second-order valence-corrected chi connectivity index (χ2v) is 13.2. The zero-order valence-corrected chi connectivity index (χ0v) is 24.5. The van der Waals surface area contributed by atoms with Crippen LogP contribution in [0.1, 0.15) is 73.1 Å². The van der Waals surface area contributed by atoms with Crippen molar-refractivity contribution in [3.8, 4) is 5.88 Å². The summed E-state index contributed by atoms with van der Waals surface area (Å²) in [6, 6.07) is 9.09. The Morgan fingerprint density at radius 3 is 2.13 bits per heavy atom. The Morgan fingerprint density at radius 1 is 0.947 bits per heavy atom. The summed E-state index contributed by atoms with van der Waals surface area (Å²) in [7, 11) is -7.83. The van der Waals surface area contributed by atoms with Crippen LogP contribution < -0.4 is 4.18 Å². The van der Waals surface area contributed by atoms with Gasteiger partial charge in [-0.3, -0.25) is 4.79 Å². The Hall–Kier alpha value is -3.24. The van der Waals surface area contributed by atoms with Gasteiger partial charge in [-0.05, 0) is 82.0 Å². The number of unbranched alkanes of at least 4 members (excludes halogenated alkanes) is 1. The Labute approximate surface area is 225 Å². The van der Waals surface area contributed by atoms with E-state index in [1.165, 1.54) is 35.1 Å². The van der Waals surface area contributed by atoms with E-state index < -0.39 is 25.7 Å². The van der Waals surface area contributed by atoms with Crippen LogP contribution in [0.4, 0.5) is 0 Å². The molecule has 0 atom stereocenters. The fourth-order valence-corrected chi connectivity index (χ4v) is 5.99. The van der Waals surface area contributed by atoms with E-state index in [1.807, 2.05) is 34.6 Å². The van der Waals surface area contributed by atoms with Gasteiger partial charge in [0.05, 0.1) is 11.1 Å². The maximum absolute atomic E-state index is 13.9. The average Bonchev–Trinajstić information content (AvgIpc) is 3.22. The molecule has 3 aromatic rings. The highest BCUT2D eigenvalue weighted by atomic mass is 32.2. The molecule has 0 radical (unpaired) electrons. The minimum Gasteiger partial charge on any atom is -0.358 e. The minimum absolute atomic E-state index is 0.0206. The lowest BCUT2D eigenvalue weighted by Gasteiger charge is -2.17. The van der Waals surface area contributed by atoms with Crippen molar-refractivity contribution in [2.24, 2.45) is 0 Å². The zero-order valence-electron chi connectivity index (χ0n) is 22.8. The number of hydrogen-bond donors (Lipinski definition) is 0. The van der Waals surface area contributed by atoms with Crippen molar-refractivity contribution >= 4 is 31.3 Å². The number of carbonyl (C=O) groups excluding carboxylic acids is 1. The highest BCUT2D eigenvalue weighted by Crippen LogP contribution is 2.34. The standard InChI is InChI=1S/C28H34N2O6S2/c1-8-9-16-30-28(36-38(34,35)22-12-10-19(4)11-13-22)24(17-29-30)27(31)23-14-15-25(37(7,32)33)26(21(23)6)20(5)18(2)3/h10-15,17H,8-9,16H2,1-7H3. The number of hydrogen-bond acceptors (Lipinski definition) is 7. The molecule has 8 nitrogen and oxygen atoms in total. The Balaban J connectivity index is 2.19. The van der Waals surface area contributed by atoms with Crippen molar-refractivity contribution < 1.29 is 25.8 Å². The van der Waals surface area contributed by atoms with E-state index in [9.17, 15) is 21.6 Å². The fraction of sp³-hybridized carbons (Fsp3) is 0.357. The molecule has 0 amide bonds. The molecule has 0 aliphatic carbocycles. The summed E-state index contributed by atoms with van der Waals surface area (Å²) < 4.78 is 58.3. The average molecular weight is 559 g/mol. The lowest BCUT2D eigenvalue weighted by atomic mass is 9.91. The molecule has 204 valence electrons. The van der Waals surface area contributed by atoms with Crippen molar-refractivity contribution in [3.63, 3.8) is 0 Å². The number of allylic oxidation sites excluding steroid dienone is 2. The number of nitrogens with zero attached hydrogens (tertiary/aromatic N) is 2. The van der Waals surface area contributed by atoms with E-state index in [1.54, 1.807) is 19.1 Å². The number of benzene rings is 2. The van der Waals surface area contributed by atoms with Crippen LogP contribution in [-0.4, -0.2) is 38.7 Å². The van der Waals surface area contributed by atoms with Crippen LogP contribution in [0.5, 0.6) is 5.88 Å². The highest BCUT2D eigenvalue weighted by molar-refractivity contribution is 7.90. The molecule has 1 aromatic heterocycles. The third kappa shape index (κ3) is 6.07. The molecule has 1 heterocycles. The number of aromatic nitrogens is 2. The van der Waals surface area contributed by atoms with Crippen molar-refractivity contribution in [1.82, 2.24) is 9.78 Å². The number of carbonyl (C=O) groups is 1. The van der Waals surface area contributed by atoms with Gasteiger partial charge in [-0.15, -0.1) is 0 Å². The molecule has 0 bridgehead atoms. The van der Waals surface area contributed by atoms with Crippen LogP contribution >= 0.6 is 0 Å². The van der Waals surface area contributed by atoms with Gasteiger partial charge in [0.2, 0.25) is 5.88 Å². The maximum Gasteiger partial charge on any atom is 0.340 e. The van der Waals surface area contributed by atoms with E-state index in [0.717, 1.165) is 29.4 Å². The summed E-state index contributed by atoms with van der Waals surface area (Å²) in [6.07, 6.45) is 3.95. The minimum atomic E-state index is -4.25. The number of ketones is 1. The molecular weight excluding hydrogens is 524 g/mol. The first-order chi connectivity index (χ1) is 17.7. The van der Waals surface area contributed by atoms with Gasteiger partial charge in [0, 0.05) is 18.4 Å². The van der Waals surface area contributed by atoms with Crippen LogP contribution in [0, 0.1) is 13.8 Å². The SMILES string of the molecule is CCCCn1ncc(C(=O)c2ccc(S(C)(=O)=O)c(C(C)=C(C)C)c2C)c1OS(=O)(=O)c1ccc(C)cc1. The molecule has 3 rings (SSSR count). The van der Waals surface area contributed by atoms with Crippen LogP contribution in [0.15, 0.2) is 58.0 Å². The molecule has 0 saturated carbocycles. The quantitative estimate of drug-likeness (QED) is 0.238. The summed E-state index contributed by atoms with van der Waals surface area (Å²) in [5.74, 6) is -0.682. The predicted molar refractivity (Wildman–Crippen MR) is 148 cm³/mol. The summed E-state index contributed by atoms with van der Waals surface area (Å²) in [5.41, 5.74) is 3.70. The van der Waals surface area contributed by atoms with E-state index in [0.29, 0.717) is 24.1 Å². The van der Waals surface area contributed by atoms with Crippen LogP contribution in [0.3, 0.4) is 0 Å². The van der Waals surface area contributed by atoms with Crippen molar-refractivity contribution in [1.29, 1.82) is 0 Å². The zero-order chi connectivity index (χ0) is 28.4. The van der Waals surface area contributed by atoms with Gasteiger partial charge in [-0.25, -0.2) is 13.1 Å². The molecule has 2 aromatic carbocycles. The fourth-order valence-electron chi connectivity index (χ4n) is 4.04. The molecule has 10 heteroatoms. The summed E-state index contributed by atoms with van der Waals surface area (Å²) >= 11 is 0. The highest BCUT2D eigenvalue weighted by Gasteiger charge is 2.29. The third-order valence-corrected chi connectivity index (χ3v) is 8.82. The topological polar surface area (TPSA) is 112 Å². The molecule has 0 aliphatic rings. The largest absolute Gasteiger partial charge is 0.358 e. The van der Waals surface area contributed by atoms with Gasteiger partial charge in [0.25, 0.3) is 0 Å². The second kappa shape index (κ2) is 11.2. The number of aryl methyl sites for hydroxylation is 2. The van der Waals surface area contributed by atoms with Crippen molar-refractivity contribution in [3.05, 3.63) is 76.0 Å². The third-order valence-electron chi connectivity index (χ3n) is 6.45. The van der Waals surface area contributed by atoms with E-state index >= 15 is 0 Å². The second-order valence-electron chi connectivity index (χ2n) is 9.63. The van der Waals surface area contributed by atoms with Crippen LogP contribution in [0.25, 0.3) is 5.57 Å². The van der Waals surface area contributed by atoms with Crippen LogP contribution in [-0.2, 0) is 26.5 Å². The van der Waals surface area contributed by atoms with Crippen molar-refractivity contribution in [2.75, 3.05) is 6.26 Å². The van der Waals surface area contributed by atoms with Gasteiger partial charge < -0.3 is 4.18 Å². The summed E-state index contributed by atoms with van der Waals surface area (Å²) in [6.45, 7) is 11.4. The first kappa shape index (κ1) is 29.3. The first-order valence-electron chi connectivity index (χ1n) is 12.3. The van der Waals surface area contributed by atoms with Gasteiger partial charge in [0.1, 0.15) is 10.5 Å². The van der Waals surface area contributed by atoms with E-state index in [4.69, 9.17) is 4.18 Å². The lowest BCUT2D eigenvalue weighted by molar-refractivity contribution is 0.103. The van der Waals surface area contributed by atoms with Gasteiger partial charge in [-0.1, -0.05) is 36.6 Å². The molecule has 0 aliphatic heterocycles. The molecule has 0 fully saturated rings. The van der Waals surface area contributed by atoms with Crippen molar-refractivity contribution in [2.45, 2.75) is 70.7 Å². The smallest absolute Gasteiger partial charge is 0.340 e. The molecule has 0 unspecified atom stereocenters.